The molecule has 0 atom stereocenters. The van der Waals surface area contributed by atoms with Crippen molar-refractivity contribution in [2.45, 2.75) is 4.90 Å². The van der Waals surface area contributed by atoms with Crippen LogP contribution in [0.15, 0.2) is 35.2 Å². The number of hydrogen-bond acceptors (Lipinski definition) is 1. The fraction of sp³-hybridized carbons (Fsp3) is 0.333. The first-order chi connectivity index (χ1) is 5.29. The van der Waals surface area contributed by atoms with E-state index in [-0.39, 0.29) is 17.0 Å². The molecule has 0 radical (unpaired) electrons. The summed E-state index contributed by atoms with van der Waals surface area (Å²) in [5, 5.41) is 1.24. The molecule has 0 bridgehead atoms. The third-order valence-electron chi connectivity index (χ3n) is 1.20. The molecule has 1 rings (SSSR count). The van der Waals surface area contributed by atoms with E-state index in [1.165, 1.54) is 9.98 Å². The second-order valence-corrected chi connectivity index (χ2v) is 6.23. The number of benzene rings is 1. The summed E-state index contributed by atoms with van der Waals surface area (Å²) in [6.07, 6.45) is 4.55. The van der Waals surface area contributed by atoms with E-state index in [9.17, 15) is 0 Å². The van der Waals surface area contributed by atoms with Crippen LogP contribution in [0.5, 0.6) is 0 Å². The average molecular weight is 265 g/mol. The summed E-state index contributed by atoms with van der Waals surface area (Å²) < 4.78 is 0. The van der Waals surface area contributed by atoms with Crippen molar-refractivity contribution in [3.63, 3.8) is 0 Å². The standard InChI is InChI=1S/C9H13S2.BrH/c1-11(2)8-10-9-6-4-3-5-7-9;/h3-7H,8H2,1-2H3;1H/q+1;/p-1. The molecular weight excluding hydrogens is 252 g/mol. The Morgan fingerprint density at radius 1 is 1.17 bits per heavy atom. The lowest BCUT2D eigenvalue weighted by Crippen LogP contribution is -3.00. The lowest BCUT2D eigenvalue weighted by atomic mass is 10.4. The van der Waals surface area contributed by atoms with Crippen molar-refractivity contribution in [1.29, 1.82) is 0 Å². The van der Waals surface area contributed by atoms with Gasteiger partial charge in [-0.3, -0.25) is 0 Å². The smallest absolute Gasteiger partial charge is 0.157 e. The van der Waals surface area contributed by atoms with Crippen LogP contribution in [0.2, 0.25) is 0 Å². The molecule has 12 heavy (non-hydrogen) atoms. The summed E-state index contributed by atoms with van der Waals surface area (Å²) in [5.74, 6) is 0. The maximum Gasteiger partial charge on any atom is 0.157 e. The van der Waals surface area contributed by atoms with Crippen LogP contribution in [0.3, 0.4) is 0 Å². The highest BCUT2D eigenvalue weighted by atomic mass is 79.9. The van der Waals surface area contributed by atoms with Crippen LogP contribution < -0.4 is 17.0 Å². The van der Waals surface area contributed by atoms with Gasteiger partial charge in [-0.15, -0.1) is 0 Å². The van der Waals surface area contributed by atoms with Gasteiger partial charge in [-0.05, 0) is 23.0 Å². The quantitative estimate of drug-likeness (QED) is 0.530. The van der Waals surface area contributed by atoms with Crippen LogP contribution >= 0.6 is 11.8 Å². The molecule has 0 aliphatic heterocycles. The molecule has 0 aliphatic rings. The Balaban J connectivity index is 0.00000121. The van der Waals surface area contributed by atoms with Gasteiger partial charge in [-0.2, -0.15) is 0 Å². The first-order valence-electron chi connectivity index (χ1n) is 3.51. The van der Waals surface area contributed by atoms with E-state index in [1.54, 1.807) is 0 Å². The molecule has 3 heteroatoms. The third kappa shape index (κ3) is 5.12. The highest BCUT2D eigenvalue weighted by Gasteiger charge is 2.01. The van der Waals surface area contributed by atoms with Crippen molar-refractivity contribution >= 4 is 22.7 Å². The van der Waals surface area contributed by atoms with Crippen molar-refractivity contribution in [3.05, 3.63) is 30.3 Å². The van der Waals surface area contributed by atoms with E-state index in [4.69, 9.17) is 0 Å². The van der Waals surface area contributed by atoms with Gasteiger partial charge in [0.15, 0.2) is 5.08 Å². The maximum atomic E-state index is 2.27. The van der Waals surface area contributed by atoms with Gasteiger partial charge in [0.1, 0.15) is 0 Å². The third-order valence-corrected chi connectivity index (χ3v) is 4.17. The van der Waals surface area contributed by atoms with Crippen molar-refractivity contribution in [3.8, 4) is 0 Å². The maximum absolute atomic E-state index is 2.27. The Morgan fingerprint density at radius 2 is 1.75 bits per heavy atom. The van der Waals surface area contributed by atoms with Crippen LogP contribution in [-0.2, 0) is 10.9 Å². The first kappa shape index (κ1) is 12.4. The van der Waals surface area contributed by atoms with Gasteiger partial charge >= 0.3 is 0 Å². The van der Waals surface area contributed by atoms with Crippen LogP contribution in [0, 0.1) is 0 Å². The molecule has 0 aromatic heterocycles. The average Bonchev–Trinajstić information content (AvgIpc) is 2.03. The molecule has 0 nitrogen and oxygen atoms in total. The minimum Gasteiger partial charge on any atom is -1.00 e. The highest BCUT2D eigenvalue weighted by molar-refractivity contribution is 8.14. The topological polar surface area (TPSA) is 0 Å². The summed E-state index contributed by atoms with van der Waals surface area (Å²) in [7, 11) is 0.547. The zero-order valence-electron chi connectivity index (χ0n) is 7.29. The highest BCUT2D eigenvalue weighted by Crippen LogP contribution is 2.18. The van der Waals surface area contributed by atoms with Gasteiger partial charge in [0.2, 0.25) is 0 Å². The molecule has 0 heterocycles. The number of hydrogen-bond donors (Lipinski definition) is 0. The van der Waals surface area contributed by atoms with Crippen molar-refractivity contribution in [2.75, 3.05) is 17.6 Å². The second-order valence-electron chi connectivity index (χ2n) is 2.56. The van der Waals surface area contributed by atoms with Gasteiger partial charge in [0.25, 0.3) is 0 Å². The second kappa shape index (κ2) is 6.87. The van der Waals surface area contributed by atoms with E-state index in [0.717, 1.165) is 0 Å². The number of thioether (sulfide) groups is 1. The molecule has 0 fully saturated rings. The Kier molecular flexibility index (Phi) is 7.10. The largest absolute Gasteiger partial charge is 1.00 e. The molecule has 0 saturated heterocycles. The van der Waals surface area contributed by atoms with Crippen molar-refractivity contribution in [1.82, 2.24) is 0 Å². The first-order valence-corrected chi connectivity index (χ1v) is 6.70. The van der Waals surface area contributed by atoms with E-state index >= 15 is 0 Å². The molecular formula is C9H13BrS2. The SMILES string of the molecule is C[S+](C)CSc1ccccc1.[Br-]. The Bertz CT molecular complexity index is 199. The predicted octanol–water partition coefficient (Wildman–Crippen LogP) is -0.382. The minimum atomic E-state index is 0. The van der Waals surface area contributed by atoms with E-state index < -0.39 is 0 Å². The Hall–Kier alpha value is 0.400. The number of halogens is 1. The molecule has 1 aromatic carbocycles. The van der Waals surface area contributed by atoms with Crippen molar-refractivity contribution in [2.24, 2.45) is 0 Å². The fourth-order valence-corrected chi connectivity index (χ4v) is 2.54. The normalized spacial score (nSPS) is 9.58. The lowest BCUT2D eigenvalue weighted by Gasteiger charge is -1.97. The Labute approximate surface area is 92.3 Å². The van der Waals surface area contributed by atoms with Crippen LogP contribution in [0.25, 0.3) is 0 Å². The summed E-state index contributed by atoms with van der Waals surface area (Å²) >= 11 is 1.94. The molecule has 0 aliphatic carbocycles. The summed E-state index contributed by atoms with van der Waals surface area (Å²) in [5.41, 5.74) is 0. The zero-order valence-corrected chi connectivity index (χ0v) is 10.5. The van der Waals surface area contributed by atoms with Gasteiger partial charge in [0.05, 0.1) is 12.5 Å². The summed E-state index contributed by atoms with van der Waals surface area (Å²) in [6, 6.07) is 10.6. The fourth-order valence-electron chi connectivity index (χ4n) is 0.703. The lowest BCUT2D eigenvalue weighted by molar-refractivity contribution is -0.00000235. The van der Waals surface area contributed by atoms with Crippen molar-refractivity contribution < 1.29 is 17.0 Å². The number of rotatable bonds is 3. The van der Waals surface area contributed by atoms with E-state index in [2.05, 4.69) is 42.8 Å². The van der Waals surface area contributed by atoms with Crippen LogP contribution in [-0.4, -0.2) is 17.6 Å². The molecule has 68 valence electrons. The molecule has 0 unspecified atom stereocenters. The predicted molar refractivity (Wildman–Crippen MR) is 56.4 cm³/mol. The van der Waals surface area contributed by atoms with Gasteiger partial charge in [-0.1, -0.05) is 30.0 Å². The van der Waals surface area contributed by atoms with Crippen LogP contribution in [0.4, 0.5) is 0 Å². The zero-order chi connectivity index (χ0) is 8.10. The molecule has 0 spiro atoms. The Morgan fingerprint density at radius 3 is 2.25 bits per heavy atom. The summed E-state index contributed by atoms with van der Waals surface area (Å²) in [6.45, 7) is 0. The molecule has 0 N–H and O–H groups in total. The van der Waals surface area contributed by atoms with Gasteiger partial charge in [-0.25, -0.2) is 0 Å². The molecule has 1 aromatic rings. The monoisotopic (exact) mass is 264 g/mol. The van der Waals surface area contributed by atoms with Gasteiger partial charge in [0, 0.05) is 4.90 Å². The van der Waals surface area contributed by atoms with E-state index in [1.807, 2.05) is 11.8 Å². The molecule has 0 amide bonds. The minimum absolute atomic E-state index is 0. The van der Waals surface area contributed by atoms with E-state index in [0.29, 0.717) is 10.9 Å². The summed E-state index contributed by atoms with van der Waals surface area (Å²) in [4.78, 5) is 1.38. The van der Waals surface area contributed by atoms with Gasteiger partial charge < -0.3 is 17.0 Å². The van der Waals surface area contributed by atoms with Crippen LogP contribution in [0.1, 0.15) is 0 Å². The molecule has 0 saturated carbocycles.